The lowest BCUT2D eigenvalue weighted by atomic mass is 9.99. The lowest BCUT2D eigenvalue weighted by molar-refractivity contribution is 0.0993. The monoisotopic (exact) mass is 304 g/mol. The van der Waals surface area contributed by atoms with E-state index in [1.54, 1.807) is 8.61 Å². The normalized spacial score (nSPS) is 32.6. The zero-order chi connectivity index (χ0) is 14.9. The third-order valence-electron chi connectivity index (χ3n) is 4.89. The topological polar surface area (TPSA) is 69.9 Å². The van der Waals surface area contributed by atoms with E-state index in [9.17, 15) is 8.42 Å². The van der Waals surface area contributed by atoms with Gasteiger partial charge in [-0.3, -0.25) is 4.90 Å². The van der Waals surface area contributed by atoms with Crippen molar-refractivity contribution >= 4 is 10.2 Å². The molecule has 2 heterocycles. The predicted molar refractivity (Wildman–Crippen MR) is 80.5 cm³/mol. The van der Waals surface area contributed by atoms with E-state index in [1.807, 2.05) is 0 Å². The quantitative estimate of drug-likeness (QED) is 0.792. The average molecular weight is 304 g/mol. The van der Waals surface area contributed by atoms with E-state index < -0.39 is 10.2 Å². The molecular formula is C13H28N4O2S. The van der Waals surface area contributed by atoms with E-state index in [-0.39, 0.29) is 12.1 Å². The molecule has 2 saturated heterocycles. The first-order valence-corrected chi connectivity index (χ1v) is 8.93. The summed E-state index contributed by atoms with van der Waals surface area (Å²) in [6.07, 6.45) is 1.77. The standard InChI is InChI=1S/C13H28N4O2S/c1-11-9-17(10-12(2)15(11)3)20(18,19)16-6-4-13(8-14)5-7-16/h11-13H,4-10,14H2,1-3H3. The van der Waals surface area contributed by atoms with Crippen LogP contribution in [0, 0.1) is 5.92 Å². The fraction of sp³-hybridized carbons (Fsp3) is 1.00. The zero-order valence-electron chi connectivity index (χ0n) is 12.8. The van der Waals surface area contributed by atoms with Crippen LogP contribution < -0.4 is 5.73 Å². The first-order chi connectivity index (χ1) is 9.36. The molecule has 0 aromatic carbocycles. The van der Waals surface area contributed by atoms with Gasteiger partial charge in [0.2, 0.25) is 0 Å². The second-order valence-corrected chi connectivity index (χ2v) is 8.19. The summed E-state index contributed by atoms with van der Waals surface area (Å²) in [6.45, 7) is 7.22. The molecular weight excluding hydrogens is 276 g/mol. The molecule has 0 bridgehead atoms. The number of hydrogen-bond acceptors (Lipinski definition) is 4. The van der Waals surface area contributed by atoms with E-state index >= 15 is 0 Å². The van der Waals surface area contributed by atoms with Gasteiger partial charge in [-0.1, -0.05) is 0 Å². The van der Waals surface area contributed by atoms with Gasteiger partial charge < -0.3 is 5.73 Å². The van der Waals surface area contributed by atoms with E-state index in [2.05, 4.69) is 25.8 Å². The maximum Gasteiger partial charge on any atom is 0.282 e. The maximum absolute atomic E-state index is 12.7. The summed E-state index contributed by atoms with van der Waals surface area (Å²) in [6, 6.07) is 0.519. The van der Waals surface area contributed by atoms with Gasteiger partial charge in [0, 0.05) is 38.3 Å². The summed E-state index contributed by atoms with van der Waals surface area (Å²) in [5.41, 5.74) is 5.67. The van der Waals surface area contributed by atoms with Gasteiger partial charge in [-0.25, -0.2) is 0 Å². The van der Waals surface area contributed by atoms with Crippen LogP contribution in [0.15, 0.2) is 0 Å². The van der Waals surface area contributed by atoms with Gasteiger partial charge in [-0.15, -0.1) is 0 Å². The van der Waals surface area contributed by atoms with Gasteiger partial charge in [0.1, 0.15) is 0 Å². The lowest BCUT2D eigenvalue weighted by Crippen LogP contribution is -2.59. The maximum atomic E-state index is 12.7. The molecule has 20 heavy (non-hydrogen) atoms. The molecule has 2 rings (SSSR count). The number of nitrogens with zero attached hydrogens (tertiary/aromatic N) is 3. The second kappa shape index (κ2) is 6.27. The van der Waals surface area contributed by atoms with Crippen molar-refractivity contribution in [3.63, 3.8) is 0 Å². The first-order valence-electron chi connectivity index (χ1n) is 7.53. The minimum atomic E-state index is -3.31. The third kappa shape index (κ3) is 3.17. The molecule has 6 nitrogen and oxygen atoms in total. The molecule has 118 valence electrons. The van der Waals surface area contributed by atoms with Gasteiger partial charge in [-0.2, -0.15) is 17.0 Å². The van der Waals surface area contributed by atoms with Crippen molar-refractivity contribution < 1.29 is 8.42 Å². The molecule has 0 radical (unpaired) electrons. The number of hydrogen-bond donors (Lipinski definition) is 1. The number of nitrogens with two attached hydrogens (primary N) is 1. The van der Waals surface area contributed by atoms with Gasteiger partial charge in [0.05, 0.1) is 0 Å². The Kier molecular flexibility index (Phi) is 5.07. The lowest BCUT2D eigenvalue weighted by Gasteiger charge is -2.43. The van der Waals surface area contributed by atoms with E-state index in [0.717, 1.165) is 12.8 Å². The number of likely N-dealkylation sites (N-methyl/N-ethyl adjacent to an activating group) is 1. The third-order valence-corrected chi connectivity index (χ3v) is 6.85. The zero-order valence-corrected chi connectivity index (χ0v) is 13.6. The van der Waals surface area contributed by atoms with Crippen LogP contribution in [0.3, 0.4) is 0 Å². The van der Waals surface area contributed by atoms with Crippen LogP contribution in [-0.4, -0.2) is 73.8 Å². The van der Waals surface area contributed by atoms with Crippen LogP contribution in [-0.2, 0) is 10.2 Å². The van der Waals surface area contributed by atoms with Crippen molar-refractivity contribution in [2.24, 2.45) is 11.7 Å². The van der Waals surface area contributed by atoms with Crippen LogP contribution in [0.2, 0.25) is 0 Å². The summed E-state index contributed by atoms with van der Waals surface area (Å²) < 4.78 is 28.8. The Morgan fingerprint density at radius 1 is 1.05 bits per heavy atom. The number of rotatable bonds is 3. The molecule has 0 aromatic rings. The van der Waals surface area contributed by atoms with Crippen molar-refractivity contribution in [3.05, 3.63) is 0 Å². The van der Waals surface area contributed by atoms with Crippen LogP contribution in [0.25, 0.3) is 0 Å². The smallest absolute Gasteiger partial charge is 0.282 e. The highest BCUT2D eigenvalue weighted by Crippen LogP contribution is 2.23. The fourth-order valence-electron chi connectivity index (χ4n) is 3.08. The molecule has 2 unspecified atom stereocenters. The van der Waals surface area contributed by atoms with Gasteiger partial charge in [-0.05, 0) is 46.2 Å². The van der Waals surface area contributed by atoms with Gasteiger partial charge >= 0.3 is 0 Å². The molecule has 7 heteroatoms. The number of piperidine rings is 1. The summed E-state index contributed by atoms with van der Waals surface area (Å²) in [7, 11) is -1.25. The minimum absolute atomic E-state index is 0.259. The van der Waals surface area contributed by atoms with E-state index in [1.165, 1.54) is 0 Å². The highest BCUT2D eigenvalue weighted by molar-refractivity contribution is 7.86. The highest BCUT2D eigenvalue weighted by Gasteiger charge is 2.38. The van der Waals surface area contributed by atoms with Crippen LogP contribution in [0.4, 0.5) is 0 Å². The molecule has 0 aliphatic carbocycles. The van der Waals surface area contributed by atoms with Crippen molar-refractivity contribution in [1.29, 1.82) is 0 Å². The van der Waals surface area contributed by atoms with E-state index in [4.69, 9.17) is 5.73 Å². The Labute approximate surface area is 123 Å². The van der Waals surface area contributed by atoms with Crippen molar-refractivity contribution in [2.75, 3.05) is 39.8 Å². The van der Waals surface area contributed by atoms with Crippen LogP contribution in [0.1, 0.15) is 26.7 Å². The van der Waals surface area contributed by atoms with Gasteiger partial charge in [0.25, 0.3) is 10.2 Å². The molecule has 0 amide bonds. The molecule has 2 aliphatic heterocycles. The average Bonchev–Trinajstić information content (AvgIpc) is 2.44. The molecule has 0 aromatic heterocycles. The number of piperazine rings is 1. The Bertz CT molecular complexity index is 408. The van der Waals surface area contributed by atoms with Crippen molar-refractivity contribution in [1.82, 2.24) is 13.5 Å². The Morgan fingerprint density at radius 2 is 1.55 bits per heavy atom. The summed E-state index contributed by atoms with van der Waals surface area (Å²) in [5.74, 6) is 0.479. The van der Waals surface area contributed by atoms with Crippen LogP contribution in [0.5, 0.6) is 0 Å². The van der Waals surface area contributed by atoms with E-state index in [0.29, 0.717) is 38.6 Å². The molecule has 2 atom stereocenters. The molecule has 2 aliphatic rings. The first kappa shape index (κ1) is 16.2. The molecule has 0 spiro atoms. The summed E-state index contributed by atoms with van der Waals surface area (Å²) in [4.78, 5) is 2.24. The summed E-state index contributed by atoms with van der Waals surface area (Å²) in [5, 5.41) is 0. The van der Waals surface area contributed by atoms with Crippen molar-refractivity contribution in [3.8, 4) is 0 Å². The fourth-order valence-corrected chi connectivity index (χ4v) is 4.89. The van der Waals surface area contributed by atoms with Gasteiger partial charge in [0.15, 0.2) is 0 Å². The highest BCUT2D eigenvalue weighted by atomic mass is 32.2. The molecule has 2 N–H and O–H groups in total. The van der Waals surface area contributed by atoms with Crippen LogP contribution >= 0.6 is 0 Å². The molecule has 0 saturated carbocycles. The Hall–Kier alpha value is -0.210. The summed E-state index contributed by atoms with van der Waals surface area (Å²) >= 11 is 0. The predicted octanol–water partition coefficient (Wildman–Crippen LogP) is -0.0737. The van der Waals surface area contributed by atoms with Crippen molar-refractivity contribution in [2.45, 2.75) is 38.8 Å². The largest absolute Gasteiger partial charge is 0.330 e. The molecule has 2 fully saturated rings. The Balaban J connectivity index is 2.04. The Morgan fingerprint density at radius 3 is 2.00 bits per heavy atom. The minimum Gasteiger partial charge on any atom is -0.330 e. The second-order valence-electron chi connectivity index (χ2n) is 6.27. The SMILES string of the molecule is CC1CN(S(=O)(=O)N2CCC(CN)CC2)CC(C)N1C.